The number of phenols is 1. The minimum atomic E-state index is 0.191. The molecular formula is C13H15ClN2O2. The van der Waals surface area contributed by atoms with Crippen molar-refractivity contribution in [1.82, 2.24) is 10.3 Å². The molecule has 1 aromatic carbocycles. The van der Waals surface area contributed by atoms with Crippen molar-refractivity contribution in [3.05, 3.63) is 46.6 Å². The lowest BCUT2D eigenvalue weighted by molar-refractivity contribution is 0.433. The van der Waals surface area contributed by atoms with E-state index in [1.807, 2.05) is 6.92 Å². The maximum Gasteiger partial charge on any atom is 0.208 e. The average Bonchev–Trinajstić information content (AvgIpc) is 2.81. The van der Waals surface area contributed by atoms with Crippen molar-refractivity contribution in [2.45, 2.75) is 26.4 Å². The number of oxazole rings is 1. The lowest BCUT2D eigenvalue weighted by Crippen LogP contribution is -2.13. The summed E-state index contributed by atoms with van der Waals surface area (Å²) >= 11 is 6.00. The van der Waals surface area contributed by atoms with Crippen LogP contribution in [0.1, 0.15) is 24.1 Å². The van der Waals surface area contributed by atoms with Crippen LogP contribution in [0.3, 0.4) is 0 Å². The Bertz CT molecular complexity index is 505. The zero-order chi connectivity index (χ0) is 13.0. The largest absolute Gasteiger partial charge is 0.508 e. The molecule has 2 aromatic rings. The molecule has 2 rings (SSSR count). The Hall–Kier alpha value is -1.52. The number of aromatic nitrogens is 1. The van der Waals surface area contributed by atoms with Crippen molar-refractivity contribution in [2.75, 3.05) is 0 Å². The zero-order valence-corrected chi connectivity index (χ0v) is 10.9. The standard InChI is InChI=1S/C13H15ClN2O2/c1-2-9-6-16-13(18-9)8-15-7-10-11(14)4-3-5-12(10)17/h3-6,15,17H,2,7-8H2,1H3. The van der Waals surface area contributed by atoms with Crippen LogP contribution in [-0.2, 0) is 19.5 Å². The van der Waals surface area contributed by atoms with Gasteiger partial charge in [0.15, 0.2) is 0 Å². The summed E-state index contributed by atoms with van der Waals surface area (Å²) in [6.07, 6.45) is 2.56. The second-order valence-electron chi connectivity index (χ2n) is 3.91. The van der Waals surface area contributed by atoms with Crippen LogP contribution in [0.25, 0.3) is 0 Å². The fourth-order valence-corrected chi connectivity index (χ4v) is 1.85. The van der Waals surface area contributed by atoms with Crippen LogP contribution in [0.2, 0.25) is 5.02 Å². The molecule has 0 fully saturated rings. The molecule has 0 aliphatic heterocycles. The highest BCUT2D eigenvalue weighted by molar-refractivity contribution is 6.31. The van der Waals surface area contributed by atoms with E-state index in [1.54, 1.807) is 24.4 Å². The van der Waals surface area contributed by atoms with Crippen LogP contribution in [0.4, 0.5) is 0 Å². The molecule has 0 saturated heterocycles. The molecule has 0 saturated carbocycles. The molecule has 0 aliphatic rings. The van der Waals surface area contributed by atoms with Gasteiger partial charge in [-0.05, 0) is 12.1 Å². The molecule has 1 aromatic heterocycles. The summed E-state index contributed by atoms with van der Waals surface area (Å²) in [4.78, 5) is 4.14. The number of hydrogen-bond donors (Lipinski definition) is 2. The third-order valence-electron chi connectivity index (χ3n) is 2.62. The summed E-state index contributed by atoms with van der Waals surface area (Å²) in [6.45, 7) is 2.99. The highest BCUT2D eigenvalue weighted by atomic mass is 35.5. The van der Waals surface area contributed by atoms with E-state index in [9.17, 15) is 5.11 Å². The number of hydrogen-bond acceptors (Lipinski definition) is 4. The van der Waals surface area contributed by atoms with Crippen molar-refractivity contribution >= 4 is 11.6 Å². The molecule has 0 spiro atoms. The molecule has 4 nitrogen and oxygen atoms in total. The molecule has 0 amide bonds. The van der Waals surface area contributed by atoms with Gasteiger partial charge in [0, 0.05) is 23.6 Å². The third kappa shape index (κ3) is 3.03. The lowest BCUT2D eigenvalue weighted by Gasteiger charge is -2.07. The van der Waals surface area contributed by atoms with Crippen LogP contribution < -0.4 is 5.32 Å². The molecule has 0 aliphatic carbocycles. The van der Waals surface area contributed by atoms with Crippen molar-refractivity contribution < 1.29 is 9.52 Å². The van der Waals surface area contributed by atoms with E-state index < -0.39 is 0 Å². The van der Waals surface area contributed by atoms with E-state index in [0.29, 0.717) is 29.6 Å². The highest BCUT2D eigenvalue weighted by Crippen LogP contribution is 2.24. The second-order valence-corrected chi connectivity index (χ2v) is 4.32. The first-order valence-corrected chi connectivity index (χ1v) is 6.19. The Morgan fingerprint density at radius 3 is 2.89 bits per heavy atom. The fraction of sp³-hybridized carbons (Fsp3) is 0.308. The number of nitrogens with one attached hydrogen (secondary N) is 1. The monoisotopic (exact) mass is 266 g/mol. The molecule has 0 radical (unpaired) electrons. The molecule has 96 valence electrons. The van der Waals surface area contributed by atoms with E-state index in [-0.39, 0.29) is 5.75 Å². The van der Waals surface area contributed by atoms with Gasteiger partial charge >= 0.3 is 0 Å². The summed E-state index contributed by atoms with van der Waals surface area (Å²) in [7, 11) is 0. The Morgan fingerprint density at radius 1 is 1.39 bits per heavy atom. The Kier molecular flexibility index (Phi) is 4.23. The number of rotatable bonds is 5. The Labute approximate surface area is 111 Å². The number of nitrogens with zero attached hydrogens (tertiary/aromatic N) is 1. The highest BCUT2D eigenvalue weighted by Gasteiger charge is 2.07. The van der Waals surface area contributed by atoms with E-state index >= 15 is 0 Å². The van der Waals surface area contributed by atoms with Crippen LogP contribution in [0.5, 0.6) is 5.75 Å². The van der Waals surface area contributed by atoms with Crippen molar-refractivity contribution in [3.8, 4) is 5.75 Å². The summed E-state index contributed by atoms with van der Waals surface area (Å²) in [5.74, 6) is 1.70. The summed E-state index contributed by atoms with van der Waals surface area (Å²) in [5, 5.41) is 13.3. The van der Waals surface area contributed by atoms with Crippen LogP contribution >= 0.6 is 11.6 Å². The van der Waals surface area contributed by atoms with Crippen molar-refractivity contribution in [2.24, 2.45) is 0 Å². The van der Waals surface area contributed by atoms with Crippen LogP contribution in [0.15, 0.2) is 28.8 Å². The van der Waals surface area contributed by atoms with Crippen molar-refractivity contribution in [3.63, 3.8) is 0 Å². The first-order chi connectivity index (χ1) is 8.70. The molecule has 0 unspecified atom stereocenters. The third-order valence-corrected chi connectivity index (χ3v) is 2.98. The number of phenolic OH excluding ortho intramolecular Hbond substituents is 1. The molecule has 0 atom stereocenters. The van der Waals surface area contributed by atoms with Gasteiger partial charge in [-0.1, -0.05) is 24.6 Å². The summed E-state index contributed by atoms with van der Waals surface area (Å²) in [5.41, 5.74) is 0.682. The zero-order valence-electron chi connectivity index (χ0n) is 10.1. The normalized spacial score (nSPS) is 10.8. The van der Waals surface area contributed by atoms with Gasteiger partial charge < -0.3 is 14.8 Å². The first-order valence-electron chi connectivity index (χ1n) is 5.81. The Morgan fingerprint density at radius 2 is 2.22 bits per heavy atom. The minimum absolute atomic E-state index is 0.191. The summed E-state index contributed by atoms with van der Waals surface area (Å²) < 4.78 is 5.46. The van der Waals surface area contributed by atoms with Gasteiger partial charge in [0.25, 0.3) is 0 Å². The first kappa shape index (κ1) is 12.9. The molecule has 1 heterocycles. The molecule has 2 N–H and O–H groups in total. The smallest absolute Gasteiger partial charge is 0.208 e. The van der Waals surface area contributed by atoms with E-state index in [0.717, 1.165) is 12.2 Å². The van der Waals surface area contributed by atoms with Gasteiger partial charge in [0.05, 0.1) is 12.7 Å². The number of benzene rings is 1. The predicted molar refractivity (Wildman–Crippen MR) is 69.5 cm³/mol. The van der Waals surface area contributed by atoms with E-state index in [4.69, 9.17) is 16.0 Å². The second kappa shape index (κ2) is 5.89. The topological polar surface area (TPSA) is 58.3 Å². The van der Waals surface area contributed by atoms with Crippen LogP contribution in [-0.4, -0.2) is 10.1 Å². The number of aryl methyl sites for hydroxylation is 1. The summed E-state index contributed by atoms with van der Waals surface area (Å²) in [6, 6.07) is 5.07. The van der Waals surface area contributed by atoms with Crippen molar-refractivity contribution in [1.29, 1.82) is 0 Å². The lowest BCUT2D eigenvalue weighted by atomic mass is 10.2. The number of aromatic hydroxyl groups is 1. The maximum absolute atomic E-state index is 9.67. The van der Waals surface area contributed by atoms with Gasteiger partial charge in [0.2, 0.25) is 5.89 Å². The van der Waals surface area contributed by atoms with E-state index in [2.05, 4.69) is 10.3 Å². The van der Waals surface area contributed by atoms with Gasteiger partial charge in [-0.2, -0.15) is 0 Å². The molecule has 5 heteroatoms. The number of halogens is 1. The molecule has 18 heavy (non-hydrogen) atoms. The SMILES string of the molecule is CCc1cnc(CNCc2c(O)cccc2Cl)o1. The minimum Gasteiger partial charge on any atom is -0.508 e. The van der Waals surface area contributed by atoms with Gasteiger partial charge in [-0.3, -0.25) is 0 Å². The Balaban J connectivity index is 1.92. The van der Waals surface area contributed by atoms with E-state index in [1.165, 1.54) is 0 Å². The predicted octanol–water partition coefficient (Wildman–Crippen LogP) is 2.89. The average molecular weight is 267 g/mol. The van der Waals surface area contributed by atoms with Gasteiger partial charge in [-0.25, -0.2) is 4.98 Å². The maximum atomic E-state index is 9.67. The van der Waals surface area contributed by atoms with Gasteiger partial charge in [-0.15, -0.1) is 0 Å². The van der Waals surface area contributed by atoms with Gasteiger partial charge in [0.1, 0.15) is 11.5 Å². The molecular weight excluding hydrogens is 252 g/mol. The molecule has 0 bridgehead atoms. The quantitative estimate of drug-likeness (QED) is 0.874. The van der Waals surface area contributed by atoms with Crippen LogP contribution in [0, 0.1) is 0 Å². The fourth-order valence-electron chi connectivity index (χ4n) is 1.61.